The van der Waals surface area contributed by atoms with E-state index in [2.05, 4.69) is 9.44 Å². The Hall–Kier alpha value is -0.660. The van der Waals surface area contributed by atoms with Gasteiger partial charge in [0, 0.05) is 12.1 Å². The Balaban J connectivity index is 2.52. The van der Waals surface area contributed by atoms with Gasteiger partial charge in [-0.1, -0.05) is 6.42 Å². The van der Waals surface area contributed by atoms with Crippen LogP contribution < -0.4 is 9.44 Å². The van der Waals surface area contributed by atoms with Gasteiger partial charge in [-0.05, 0) is 39.5 Å². The van der Waals surface area contributed by atoms with E-state index in [1.165, 1.54) is 0 Å². The van der Waals surface area contributed by atoms with E-state index in [-0.39, 0.29) is 12.5 Å². The standard InChI is InChI=1S/C11H22N2O4S/c1-11(2,3)13-18(16,17)12-7-8-5-4-6-9(8)10(14)15/h8-9,12-13H,4-7H2,1-3H3,(H,14,15). The second kappa shape index (κ2) is 5.54. The molecule has 0 aromatic carbocycles. The minimum Gasteiger partial charge on any atom is -0.481 e. The van der Waals surface area contributed by atoms with Crippen LogP contribution in [0.25, 0.3) is 0 Å². The molecule has 1 aliphatic rings. The van der Waals surface area contributed by atoms with Crippen LogP contribution in [0, 0.1) is 11.8 Å². The van der Waals surface area contributed by atoms with Gasteiger partial charge >= 0.3 is 5.97 Å². The minimum atomic E-state index is -3.57. The molecule has 1 rings (SSSR count). The summed E-state index contributed by atoms with van der Waals surface area (Å²) < 4.78 is 28.3. The zero-order valence-corrected chi connectivity index (χ0v) is 11.9. The van der Waals surface area contributed by atoms with Crippen LogP contribution in [0.5, 0.6) is 0 Å². The molecule has 0 aliphatic heterocycles. The van der Waals surface area contributed by atoms with Gasteiger partial charge in [0.1, 0.15) is 0 Å². The van der Waals surface area contributed by atoms with E-state index in [4.69, 9.17) is 5.11 Å². The predicted octanol–water partition coefficient (Wildman–Crippen LogP) is 0.710. The number of aliphatic carboxylic acids is 1. The molecule has 7 heteroatoms. The third-order valence-electron chi connectivity index (χ3n) is 2.95. The zero-order valence-electron chi connectivity index (χ0n) is 11.1. The smallest absolute Gasteiger partial charge is 0.306 e. The van der Waals surface area contributed by atoms with Gasteiger partial charge in [-0.2, -0.15) is 13.1 Å². The van der Waals surface area contributed by atoms with Crippen LogP contribution in [-0.4, -0.2) is 31.6 Å². The number of carboxylic acids is 1. The lowest BCUT2D eigenvalue weighted by Gasteiger charge is -2.22. The Kier molecular flexibility index (Phi) is 4.74. The van der Waals surface area contributed by atoms with Crippen molar-refractivity contribution in [1.29, 1.82) is 0 Å². The van der Waals surface area contributed by atoms with Gasteiger partial charge in [0.25, 0.3) is 10.2 Å². The number of rotatable bonds is 5. The summed E-state index contributed by atoms with van der Waals surface area (Å²) in [7, 11) is -3.57. The molecule has 0 radical (unpaired) electrons. The molecule has 6 nitrogen and oxygen atoms in total. The zero-order chi connectivity index (χ0) is 14.0. The first-order valence-electron chi connectivity index (χ1n) is 6.12. The van der Waals surface area contributed by atoms with Crippen LogP contribution in [0.15, 0.2) is 0 Å². The molecule has 106 valence electrons. The molecule has 0 heterocycles. The van der Waals surface area contributed by atoms with Crippen molar-refractivity contribution in [1.82, 2.24) is 9.44 Å². The Labute approximate surface area is 108 Å². The van der Waals surface area contributed by atoms with Gasteiger partial charge in [-0.3, -0.25) is 4.79 Å². The van der Waals surface area contributed by atoms with Crippen molar-refractivity contribution < 1.29 is 18.3 Å². The lowest BCUT2D eigenvalue weighted by molar-refractivity contribution is -0.142. The minimum absolute atomic E-state index is 0.112. The van der Waals surface area contributed by atoms with E-state index in [0.717, 1.165) is 12.8 Å². The maximum atomic E-state index is 11.7. The maximum Gasteiger partial charge on any atom is 0.306 e. The van der Waals surface area contributed by atoms with Gasteiger partial charge < -0.3 is 5.11 Å². The van der Waals surface area contributed by atoms with Crippen LogP contribution in [0.4, 0.5) is 0 Å². The topological polar surface area (TPSA) is 95.5 Å². The van der Waals surface area contributed by atoms with Gasteiger partial charge in [0.2, 0.25) is 0 Å². The molecule has 0 saturated heterocycles. The van der Waals surface area contributed by atoms with Gasteiger partial charge in [-0.25, -0.2) is 4.72 Å². The SMILES string of the molecule is CC(C)(C)NS(=O)(=O)NCC1CCCC1C(=O)O. The average Bonchev–Trinajstić information content (AvgIpc) is 2.58. The van der Waals surface area contributed by atoms with Crippen LogP contribution >= 0.6 is 0 Å². The molecule has 1 fully saturated rings. The van der Waals surface area contributed by atoms with Gasteiger partial charge in [0.15, 0.2) is 0 Å². The summed E-state index contributed by atoms with van der Waals surface area (Å²) in [5, 5.41) is 9.01. The molecule has 2 atom stereocenters. The van der Waals surface area contributed by atoms with Crippen LogP contribution in [-0.2, 0) is 15.0 Å². The number of nitrogens with one attached hydrogen (secondary N) is 2. The molecule has 1 saturated carbocycles. The molecule has 2 unspecified atom stereocenters. The molecule has 0 spiro atoms. The molecular formula is C11H22N2O4S. The fourth-order valence-corrected chi connectivity index (χ4v) is 3.57. The number of carbonyl (C=O) groups is 1. The second-order valence-corrected chi connectivity index (χ2v) is 7.34. The summed E-state index contributed by atoms with van der Waals surface area (Å²) in [4.78, 5) is 11.0. The van der Waals surface area contributed by atoms with Crippen molar-refractivity contribution in [2.45, 2.75) is 45.6 Å². The number of hydrogen-bond donors (Lipinski definition) is 3. The lowest BCUT2D eigenvalue weighted by Crippen LogP contribution is -2.48. The summed E-state index contributed by atoms with van der Waals surface area (Å²) in [6.45, 7) is 5.44. The summed E-state index contributed by atoms with van der Waals surface area (Å²) in [6, 6.07) is 0. The van der Waals surface area contributed by atoms with Gasteiger partial charge in [0.05, 0.1) is 5.92 Å². The van der Waals surface area contributed by atoms with Crippen molar-refractivity contribution >= 4 is 16.2 Å². The predicted molar refractivity (Wildman–Crippen MR) is 68.3 cm³/mol. The lowest BCUT2D eigenvalue weighted by atomic mass is 9.97. The highest BCUT2D eigenvalue weighted by molar-refractivity contribution is 7.87. The molecule has 3 N–H and O–H groups in total. The van der Waals surface area contributed by atoms with Crippen LogP contribution in [0.3, 0.4) is 0 Å². The van der Waals surface area contributed by atoms with E-state index in [9.17, 15) is 13.2 Å². The normalized spacial score (nSPS) is 25.3. The van der Waals surface area contributed by atoms with Crippen molar-refractivity contribution in [3.63, 3.8) is 0 Å². The fraction of sp³-hybridized carbons (Fsp3) is 0.909. The van der Waals surface area contributed by atoms with Crippen molar-refractivity contribution in [3.8, 4) is 0 Å². The molecule has 18 heavy (non-hydrogen) atoms. The highest BCUT2D eigenvalue weighted by Gasteiger charge is 2.33. The molecule has 0 bridgehead atoms. The highest BCUT2D eigenvalue weighted by Crippen LogP contribution is 2.31. The highest BCUT2D eigenvalue weighted by atomic mass is 32.2. The first-order valence-corrected chi connectivity index (χ1v) is 7.60. The molecule has 1 aliphatic carbocycles. The van der Waals surface area contributed by atoms with E-state index in [0.29, 0.717) is 6.42 Å². The Morgan fingerprint density at radius 2 is 1.94 bits per heavy atom. The molecule has 0 aromatic heterocycles. The van der Waals surface area contributed by atoms with Crippen molar-refractivity contribution in [2.75, 3.05) is 6.54 Å². The van der Waals surface area contributed by atoms with E-state index in [1.54, 1.807) is 20.8 Å². The largest absolute Gasteiger partial charge is 0.481 e. The van der Waals surface area contributed by atoms with Crippen LogP contribution in [0.2, 0.25) is 0 Å². The molecule has 0 aromatic rings. The summed E-state index contributed by atoms with van der Waals surface area (Å²) >= 11 is 0. The summed E-state index contributed by atoms with van der Waals surface area (Å²) in [6.07, 6.45) is 2.24. The third kappa shape index (κ3) is 4.91. The second-order valence-electron chi connectivity index (χ2n) is 5.84. The first-order chi connectivity index (χ1) is 8.11. The molecular weight excluding hydrogens is 256 g/mol. The number of hydrogen-bond acceptors (Lipinski definition) is 3. The third-order valence-corrected chi connectivity index (χ3v) is 4.38. The Morgan fingerprint density at radius 1 is 1.33 bits per heavy atom. The summed E-state index contributed by atoms with van der Waals surface area (Å²) in [5.41, 5.74) is -0.548. The Bertz CT molecular complexity index is 400. The van der Waals surface area contributed by atoms with E-state index in [1.807, 2.05) is 0 Å². The first kappa shape index (κ1) is 15.4. The van der Waals surface area contributed by atoms with Gasteiger partial charge in [-0.15, -0.1) is 0 Å². The Morgan fingerprint density at radius 3 is 2.44 bits per heavy atom. The molecule has 0 amide bonds. The monoisotopic (exact) mass is 278 g/mol. The van der Waals surface area contributed by atoms with E-state index < -0.39 is 27.6 Å². The quantitative estimate of drug-likeness (QED) is 0.690. The fourth-order valence-electron chi connectivity index (χ4n) is 2.26. The van der Waals surface area contributed by atoms with Crippen LogP contribution in [0.1, 0.15) is 40.0 Å². The average molecular weight is 278 g/mol. The summed E-state index contributed by atoms with van der Waals surface area (Å²) in [5.74, 6) is -1.37. The maximum absolute atomic E-state index is 11.7. The van der Waals surface area contributed by atoms with Crippen molar-refractivity contribution in [2.24, 2.45) is 11.8 Å². The van der Waals surface area contributed by atoms with Crippen molar-refractivity contribution in [3.05, 3.63) is 0 Å². The van der Waals surface area contributed by atoms with E-state index >= 15 is 0 Å². The number of carboxylic acid groups (broad SMARTS) is 1.